The molecule has 5 aromatic rings. The zero-order valence-electron chi connectivity index (χ0n) is 20.0. The number of aromatic hydroxyl groups is 1. The SMILES string of the molecule is C/C(=N\NC(=O)c1nnn(-c2nonc2N)c1CN(C)c1ccccc1)c1c(O)ccc2ccccc12. The maximum absolute atomic E-state index is 13.2. The van der Waals surface area contributed by atoms with E-state index in [1.54, 1.807) is 13.0 Å². The van der Waals surface area contributed by atoms with Gasteiger partial charge in [-0.25, -0.2) is 10.1 Å². The zero-order chi connectivity index (χ0) is 25.9. The van der Waals surface area contributed by atoms with Gasteiger partial charge in [0.05, 0.1) is 18.0 Å². The Hall–Kier alpha value is -5.26. The van der Waals surface area contributed by atoms with Gasteiger partial charge in [-0.1, -0.05) is 53.7 Å². The van der Waals surface area contributed by atoms with Gasteiger partial charge in [-0.2, -0.15) is 9.78 Å². The van der Waals surface area contributed by atoms with Gasteiger partial charge in [0.15, 0.2) is 5.69 Å². The molecule has 186 valence electrons. The summed E-state index contributed by atoms with van der Waals surface area (Å²) in [7, 11) is 1.87. The number of amides is 1. The summed E-state index contributed by atoms with van der Waals surface area (Å²) in [6, 6.07) is 20.6. The number of nitrogens with one attached hydrogen (secondary N) is 1. The lowest BCUT2D eigenvalue weighted by Crippen LogP contribution is -2.25. The molecule has 0 aliphatic rings. The number of phenolic OH excluding ortho intramolecular Hbond substituents is 1. The lowest BCUT2D eigenvalue weighted by Gasteiger charge is -2.19. The van der Waals surface area contributed by atoms with Crippen LogP contribution in [0.15, 0.2) is 76.5 Å². The molecule has 12 heteroatoms. The van der Waals surface area contributed by atoms with Gasteiger partial charge in [-0.15, -0.1) is 5.10 Å². The molecule has 1 amide bonds. The lowest BCUT2D eigenvalue weighted by molar-refractivity contribution is 0.0948. The number of carbonyl (C=O) groups excluding carboxylic acids is 1. The largest absolute Gasteiger partial charge is 0.507 e. The highest BCUT2D eigenvalue weighted by Crippen LogP contribution is 2.28. The fourth-order valence-corrected chi connectivity index (χ4v) is 4.01. The Morgan fingerprint density at radius 2 is 1.86 bits per heavy atom. The highest BCUT2D eigenvalue weighted by molar-refractivity contribution is 6.12. The third-order valence-corrected chi connectivity index (χ3v) is 5.85. The molecule has 0 aliphatic heterocycles. The van der Waals surface area contributed by atoms with Crippen LogP contribution in [0.2, 0.25) is 0 Å². The van der Waals surface area contributed by atoms with Crippen LogP contribution in [0.1, 0.15) is 28.7 Å². The Morgan fingerprint density at radius 1 is 1.11 bits per heavy atom. The lowest BCUT2D eigenvalue weighted by atomic mass is 10.0. The van der Waals surface area contributed by atoms with E-state index in [4.69, 9.17) is 10.4 Å². The Kier molecular flexibility index (Phi) is 6.20. The Bertz CT molecular complexity index is 1610. The van der Waals surface area contributed by atoms with Crippen LogP contribution in [0, 0.1) is 0 Å². The number of benzene rings is 3. The number of carbonyl (C=O) groups is 1. The highest BCUT2D eigenvalue weighted by atomic mass is 16.6. The van der Waals surface area contributed by atoms with E-state index in [-0.39, 0.29) is 29.6 Å². The number of nitrogens with two attached hydrogens (primary N) is 1. The van der Waals surface area contributed by atoms with E-state index >= 15 is 0 Å². The molecular weight excluding hydrogens is 474 g/mol. The van der Waals surface area contributed by atoms with E-state index in [9.17, 15) is 9.90 Å². The van der Waals surface area contributed by atoms with Gasteiger partial charge in [0, 0.05) is 18.3 Å². The minimum Gasteiger partial charge on any atom is -0.507 e. The van der Waals surface area contributed by atoms with Crippen LogP contribution < -0.4 is 16.1 Å². The van der Waals surface area contributed by atoms with Gasteiger partial charge in [0.2, 0.25) is 11.6 Å². The van der Waals surface area contributed by atoms with Crippen molar-refractivity contribution in [1.82, 2.24) is 30.7 Å². The number of aromatic nitrogens is 5. The van der Waals surface area contributed by atoms with Crippen LogP contribution in [0.4, 0.5) is 11.5 Å². The summed E-state index contributed by atoms with van der Waals surface area (Å²) in [5, 5.41) is 32.0. The number of para-hydroxylation sites is 1. The Balaban J connectivity index is 1.48. The molecule has 3 aromatic carbocycles. The van der Waals surface area contributed by atoms with Crippen LogP contribution in [0.3, 0.4) is 0 Å². The molecule has 0 fully saturated rings. The van der Waals surface area contributed by atoms with Gasteiger partial charge in [-0.3, -0.25) is 4.79 Å². The van der Waals surface area contributed by atoms with Gasteiger partial charge in [0.1, 0.15) is 5.75 Å². The summed E-state index contributed by atoms with van der Waals surface area (Å²) in [6.45, 7) is 1.93. The van der Waals surface area contributed by atoms with Crippen molar-refractivity contribution in [1.29, 1.82) is 0 Å². The van der Waals surface area contributed by atoms with E-state index in [0.717, 1.165) is 16.5 Å². The normalized spacial score (nSPS) is 11.6. The average Bonchev–Trinajstić information content (AvgIpc) is 3.53. The fraction of sp³-hybridized carbons (Fsp3) is 0.120. The van der Waals surface area contributed by atoms with E-state index in [1.165, 1.54) is 4.68 Å². The molecule has 4 N–H and O–H groups in total. The van der Waals surface area contributed by atoms with Crippen LogP contribution in [-0.2, 0) is 6.54 Å². The number of phenols is 1. The number of rotatable bonds is 7. The van der Waals surface area contributed by atoms with Crippen molar-refractivity contribution in [3.05, 3.63) is 83.7 Å². The second-order valence-corrected chi connectivity index (χ2v) is 8.28. The summed E-state index contributed by atoms with van der Waals surface area (Å²) in [6.07, 6.45) is 0. The summed E-state index contributed by atoms with van der Waals surface area (Å²) < 4.78 is 6.03. The molecule has 0 bridgehead atoms. The van der Waals surface area contributed by atoms with Crippen molar-refractivity contribution in [2.45, 2.75) is 13.5 Å². The van der Waals surface area contributed by atoms with Crippen molar-refractivity contribution >= 4 is 33.9 Å². The standard InChI is InChI=1S/C25H23N9O3/c1-15(21-18-11-7-6-8-16(18)12-13-20(21)35)27-29-25(36)22-19(14-33(2)17-9-4-3-5-10-17)34(32-28-22)24-23(26)30-37-31-24/h3-13,35H,14H2,1-2H3,(H2,26,30)(H,29,36)/b27-15+. The maximum Gasteiger partial charge on any atom is 0.293 e. The molecule has 37 heavy (non-hydrogen) atoms. The first-order valence-electron chi connectivity index (χ1n) is 11.3. The summed E-state index contributed by atoms with van der Waals surface area (Å²) >= 11 is 0. The van der Waals surface area contributed by atoms with Gasteiger partial charge in [-0.05, 0) is 46.2 Å². The first-order chi connectivity index (χ1) is 17.9. The first kappa shape index (κ1) is 23.5. The number of anilines is 2. The van der Waals surface area contributed by atoms with Gasteiger partial charge in [0.25, 0.3) is 5.91 Å². The number of hydrogen-bond donors (Lipinski definition) is 3. The number of hydrogen-bond acceptors (Lipinski definition) is 10. The first-order valence-corrected chi connectivity index (χ1v) is 11.3. The van der Waals surface area contributed by atoms with Crippen molar-refractivity contribution < 1.29 is 14.5 Å². The topological polar surface area (TPSA) is 161 Å². The van der Waals surface area contributed by atoms with Crippen LogP contribution in [0.5, 0.6) is 5.75 Å². The van der Waals surface area contributed by atoms with E-state index in [1.807, 2.05) is 72.6 Å². The molecule has 0 atom stereocenters. The maximum atomic E-state index is 13.2. The molecule has 0 unspecified atom stereocenters. The molecule has 0 aliphatic carbocycles. The predicted molar refractivity (Wildman–Crippen MR) is 137 cm³/mol. The molecule has 2 heterocycles. The predicted octanol–water partition coefficient (Wildman–Crippen LogP) is 2.88. The second kappa shape index (κ2) is 9.77. The van der Waals surface area contributed by atoms with Crippen LogP contribution in [0.25, 0.3) is 16.6 Å². The van der Waals surface area contributed by atoms with Crippen LogP contribution >= 0.6 is 0 Å². The second-order valence-electron chi connectivity index (χ2n) is 8.28. The Morgan fingerprint density at radius 3 is 2.62 bits per heavy atom. The number of nitrogens with zero attached hydrogens (tertiary/aromatic N) is 7. The number of hydrazone groups is 1. The molecule has 12 nitrogen and oxygen atoms in total. The molecule has 2 aromatic heterocycles. The highest BCUT2D eigenvalue weighted by Gasteiger charge is 2.25. The van der Waals surface area contributed by atoms with Crippen molar-refractivity contribution in [2.24, 2.45) is 5.10 Å². The minimum atomic E-state index is -0.600. The van der Waals surface area contributed by atoms with Crippen LogP contribution in [-0.4, -0.2) is 49.1 Å². The van der Waals surface area contributed by atoms with Crippen molar-refractivity contribution in [3.63, 3.8) is 0 Å². The van der Waals surface area contributed by atoms with E-state index in [0.29, 0.717) is 17.0 Å². The quantitative estimate of drug-likeness (QED) is 0.227. The van der Waals surface area contributed by atoms with E-state index in [2.05, 4.69) is 31.2 Å². The van der Waals surface area contributed by atoms with E-state index < -0.39 is 5.91 Å². The monoisotopic (exact) mass is 497 g/mol. The van der Waals surface area contributed by atoms with Gasteiger partial charge < -0.3 is 15.7 Å². The Labute approximate surface area is 211 Å². The average molecular weight is 498 g/mol. The molecule has 5 rings (SSSR count). The molecule has 0 saturated carbocycles. The summed E-state index contributed by atoms with van der Waals surface area (Å²) in [5.74, 6) is -0.430. The number of fused-ring (bicyclic) bond motifs is 1. The third kappa shape index (κ3) is 4.55. The molecule has 0 radical (unpaired) electrons. The van der Waals surface area contributed by atoms with Gasteiger partial charge >= 0.3 is 0 Å². The molecular formula is C25H23N9O3. The smallest absolute Gasteiger partial charge is 0.293 e. The summed E-state index contributed by atoms with van der Waals surface area (Å²) in [4.78, 5) is 15.1. The third-order valence-electron chi connectivity index (χ3n) is 5.85. The number of nitrogen functional groups attached to an aromatic ring is 1. The fourth-order valence-electron chi connectivity index (χ4n) is 4.01. The van der Waals surface area contributed by atoms with Crippen molar-refractivity contribution in [2.75, 3.05) is 17.7 Å². The molecule has 0 spiro atoms. The minimum absolute atomic E-state index is 0.000712. The summed E-state index contributed by atoms with van der Waals surface area (Å²) in [5.41, 5.74) is 10.7. The molecule has 0 saturated heterocycles. The van der Waals surface area contributed by atoms with Crippen molar-refractivity contribution in [3.8, 4) is 11.6 Å². The zero-order valence-corrected chi connectivity index (χ0v) is 20.0.